The fraction of sp³-hybridized carbons (Fsp3) is 0.600. The third-order valence-electron chi connectivity index (χ3n) is 4.21. The summed E-state index contributed by atoms with van der Waals surface area (Å²) in [6, 6.07) is 6.07. The number of thioether (sulfide) groups is 1. The topological polar surface area (TPSA) is 24.1 Å². The van der Waals surface area contributed by atoms with E-state index in [1.165, 1.54) is 4.90 Å². The normalized spacial score (nSPS) is 30.9. The van der Waals surface area contributed by atoms with E-state index >= 15 is 0 Å². The second-order valence-corrected chi connectivity index (χ2v) is 6.75. The number of nitrogens with one attached hydrogen (secondary N) is 2. The van der Waals surface area contributed by atoms with Gasteiger partial charge in [-0.25, -0.2) is 4.39 Å². The van der Waals surface area contributed by atoms with E-state index in [2.05, 4.69) is 17.6 Å². The Morgan fingerprint density at radius 1 is 1.37 bits per heavy atom. The van der Waals surface area contributed by atoms with Crippen molar-refractivity contribution in [1.29, 1.82) is 0 Å². The van der Waals surface area contributed by atoms with Crippen molar-refractivity contribution in [1.82, 2.24) is 10.6 Å². The first-order valence-electron chi connectivity index (χ1n) is 7.13. The second-order valence-electron chi connectivity index (χ2n) is 5.62. The van der Waals surface area contributed by atoms with Crippen molar-refractivity contribution < 1.29 is 4.39 Å². The predicted molar refractivity (Wildman–Crippen MR) is 78.1 cm³/mol. The molecule has 1 fully saturated rings. The first-order chi connectivity index (χ1) is 9.24. The van der Waals surface area contributed by atoms with Gasteiger partial charge >= 0.3 is 0 Å². The maximum atomic E-state index is 13.5. The predicted octanol–water partition coefficient (Wildman–Crippen LogP) is 2.95. The van der Waals surface area contributed by atoms with E-state index in [-0.39, 0.29) is 5.82 Å². The minimum absolute atomic E-state index is 0.119. The highest BCUT2D eigenvalue weighted by Crippen LogP contribution is 2.37. The summed E-state index contributed by atoms with van der Waals surface area (Å²) < 4.78 is 13.5. The minimum Gasteiger partial charge on any atom is -0.316 e. The van der Waals surface area contributed by atoms with Crippen molar-refractivity contribution in [3.63, 3.8) is 0 Å². The molecule has 2 N–H and O–H groups in total. The van der Waals surface area contributed by atoms with Gasteiger partial charge in [0.25, 0.3) is 0 Å². The van der Waals surface area contributed by atoms with Gasteiger partial charge in [0.2, 0.25) is 0 Å². The number of halogens is 1. The smallest absolute Gasteiger partial charge is 0.123 e. The Morgan fingerprint density at radius 3 is 3.11 bits per heavy atom. The Hall–Kier alpha value is -0.580. The molecule has 0 spiro atoms. The number of rotatable bonds is 2. The Kier molecular flexibility index (Phi) is 4.10. The first-order valence-corrected chi connectivity index (χ1v) is 8.11. The van der Waals surface area contributed by atoms with Crippen LogP contribution in [-0.4, -0.2) is 24.9 Å². The monoisotopic (exact) mass is 280 g/mol. The van der Waals surface area contributed by atoms with Crippen LogP contribution >= 0.6 is 11.8 Å². The van der Waals surface area contributed by atoms with Gasteiger partial charge in [-0.3, -0.25) is 0 Å². The molecule has 3 rings (SSSR count). The molecule has 19 heavy (non-hydrogen) atoms. The van der Waals surface area contributed by atoms with Gasteiger partial charge in [0.15, 0.2) is 0 Å². The van der Waals surface area contributed by atoms with E-state index in [1.807, 2.05) is 17.8 Å². The summed E-state index contributed by atoms with van der Waals surface area (Å²) in [5, 5.41) is 7.20. The van der Waals surface area contributed by atoms with Crippen molar-refractivity contribution in [3.05, 3.63) is 29.6 Å². The number of benzene rings is 1. The standard InChI is InChI=1S/C15H21FN2S/c1-10-9-17-6-4-13(10)18-14-5-7-19-15-3-2-11(16)8-12(14)15/h2-3,8,10,13-14,17-18H,4-7,9H2,1H3. The lowest BCUT2D eigenvalue weighted by Gasteiger charge is -2.36. The molecule has 1 aromatic carbocycles. The van der Waals surface area contributed by atoms with Crippen LogP contribution in [0.15, 0.2) is 23.1 Å². The number of fused-ring (bicyclic) bond motifs is 1. The average Bonchev–Trinajstić information content (AvgIpc) is 2.42. The zero-order valence-corrected chi connectivity index (χ0v) is 12.1. The summed E-state index contributed by atoms with van der Waals surface area (Å²) in [6.45, 7) is 4.45. The molecule has 1 aromatic rings. The molecule has 2 aliphatic heterocycles. The zero-order valence-electron chi connectivity index (χ0n) is 11.3. The molecule has 0 aliphatic carbocycles. The maximum absolute atomic E-state index is 13.5. The van der Waals surface area contributed by atoms with Crippen LogP contribution in [0.25, 0.3) is 0 Å². The third-order valence-corrected chi connectivity index (χ3v) is 5.33. The van der Waals surface area contributed by atoms with Crippen molar-refractivity contribution in [2.75, 3.05) is 18.8 Å². The molecule has 1 saturated heterocycles. The lowest BCUT2D eigenvalue weighted by atomic mass is 9.92. The van der Waals surface area contributed by atoms with Crippen LogP contribution in [0, 0.1) is 11.7 Å². The molecule has 0 radical (unpaired) electrons. The Bertz CT molecular complexity index is 452. The lowest BCUT2D eigenvalue weighted by molar-refractivity contribution is 0.269. The van der Waals surface area contributed by atoms with E-state index in [0.29, 0.717) is 18.0 Å². The van der Waals surface area contributed by atoms with Crippen molar-refractivity contribution in [2.24, 2.45) is 5.92 Å². The molecule has 3 unspecified atom stereocenters. The molecule has 2 nitrogen and oxygen atoms in total. The van der Waals surface area contributed by atoms with Crippen LogP contribution in [-0.2, 0) is 0 Å². The summed E-state index contributed by atoms with van der Waals surface area (Å²) in [5.41, 5.74) is 1.15. The highest BCUT2D eigenvalue weighted by Gasteiger charge is 2.27. The average molecular weight is 280 g/mol. The maximum Gasteiger partial charge on any atom is 0.123 e. The van der Waals surface area contributed by atoms with Crippen LogP contribution in [0.3, 0.4) is 0 Å². The highest BCUT2D eigenvalue weighted by atomic mass is 32.2. The summed E-state index contributed by atoms with van der Waals surface area (Å²) in [5.74, 6) is 1.64. The van der Waals surface area contributed by atoms with Gasteiger partial charge in [0.1, 0.15) is 5.82 Å². The molecule has 0 bridgehead atoms. The van der Waals surface area contributed by atoms with Crippen LogP contribution in [0.2, 0.25) is 0 Å². The Morgan fingerprint density at radius 2 is 2.26 bits per heavy atom. The van der Waals surface area contributed by atoms with Crippen molar-refractivity contribution in [3.8, 4) is 0 Å². The fourth-order valence-corrected chi connectivity index (χ4v) is 4.16. The molecule has 104 valence electrons. The van der Waals surface area contributed by atoms with Gasteiger partial charge in [0, 0.05) is 17.0 Å². The minimum atomic E-state index is -0.119. The molecule has 2 aliphatic rings. The quantitative estimate of drug-likeness (QED) is 0.871. The second kappa shape index (κ2) is 5.81. The molecule has 4 heteroatoms. The molecular weight excluding hydrogens is 259 g/mol. The van der Waals surface area contributed by atoms with E-state index in [4.69, 9.17) is 0 Å². The summed E-state index contributed by atoms with van der Waals surface area (Å²) in [4.78, 5) is 1.24. The third kappa shape index (κ3) is 2.96. The summed E-state index contributed by atoms with van der Waals surface area (Å²) >= 11 is 1.84. The van der Waals surface area contributed by atoms with Gasteiger partial charge in [-0.05, 0) is 61.4 Å². The van der Waals surface area contributed by atoms with Crippen LogP contribution < -0.4 is 10.6 Å². The fourth-order valence-electron chi connectivity index (χ4n) is 3.06. The van der Waals surface area contributed by atoms with Crippen LogP contribution in [0.5, 0.6) is 0 Å². The zero-order chi connectivity index (χ0) is 13.2. The first kappa shape index (κ1) is 13.4. The highest BCUT2D eigenvalue weighted by molar-refractivity contribution is 7.99. The van der Waals surface area contributed by atoms with E-state index in [1.54, 1.807) is 12.1 Å². The van der Waals surface area contributed by atoms with Crippen molar-refractivity contribution in [2.45, 2.75) is 36.7 Å². The van der Waals surface area contributed by atoms with Crippen molar-refractivity contribution >= 4 is 11.8 Å². The number of piperidine rings is 1. The molecular formula is C15H21FN2S. The lowest BCUT2D eigenvalue weighted by Crippen LogP contribution is -2.47. The van der Waals surface area contributed by atoms with Gasteiger partial charge in [-0.15, -0.1) is 11.8 Å². The van der Waals surface area contributed by atoms with Crippen LogP contribution in [0.1, 0.15) is 31.4 Å². The Labute approximate surface area is 118 Å². The largest absolute Gasteiger partial charge is 0.316 e. The van der Waals surface area contributed by atoms with E-state index < -0.39 is 0 Å². The molecule has 3 atom stereocenters. The van der Waals surface area contributed by atoms with E-state index in [0.717, 1.165) is 37.2 Å². The summed E-state index contributed by atoms with van der Waals surface area (Å²) in [6.07, 6.45) is 2.26. The SMILES string of the molecule is CC1CNCCC1NC1CCSc2ccc(F)cc21. The Balaban J connectivity index is 1.77. The van der Waals surface area contributed by atoms with Gasteiger partial charge in [-0.1, -0.05) is 6.92 Å². The van der Waals surface area contributed by atoms with E-state index in [9.17, 15) is 4.39 Å². The summed E-state index contributed by atoms with van der Waals surface area (Å²) in [7, 11) is 0. The molecule has 0 saturated carbocycles. The molecule has 0 amide bonds. The van der Waals surface area contributed by atoms with Gasteiger partial charge < -0.3 is 10.6 Å². The number of hydrogen-bond donors (Lipinski definition) is 2. The molecule has 2 heterocycles. The molecule has 0 aromatic heterocycles. The van der Waals surface area contributed by atoms with Crippen LogP contribution in [0.4, 0.5) is 4.39 Å². The number of hydrogen-bond acceptors (Lipinski definition) is 3. The van der Waals surface area contributed by atoms with Gasteiger partial charge in [-0.2, -0.15) is 0 Å². The van der Waals surface area contributed by atoms with Gasteiger partial charge in [0.05, 0.1) is 0 Å².